The highest BCUT2D eigenvalue weighted by Gasteiger charge is 2.18. The molecule has 0 fully saturated rings. The molecular weight excluding hydrogens is 386 g/mol. The van der Waals surface area contributed by atoms with Crippen LogP contribution >= 0.6 is 43.6 Å². The zero-order valence-corrected chi connectivity index (χ0v) is 12.7. The van der Waals surface area contributed by atoms with E-state index in [9.17, 15) is 10.1 Å². The zero-order valence-electron chi connectivity index (χ0n) is 8.71. The van der Waals surface area contributed by atoms with Crippen LogP contribution in [0.1, 0.15) is 0 Å². The van der Waals surface area contributed by atoms with Gasteiger partial charge in [0.25, 0.3) is 0 Å². The Morgan fingerprint density at radius 3 is 2.72 bits per heavy atom. The first-order chi connectivity index (χ1) is 8.58. The summed E-state index contributed by atoms with van der Waals surface area (Å²) in [5.41, 5.74) is -0.0491. The Labute approximate surface area is 123 Å². The molecular formula is C10H5Br2N3O2S. The van der Waals surface area contributed by atoms with Crippen molar-refractivity contribution < 1.29 is 4.92 Å². The van der Waals surface area contributed by atoms with E-state index in [0.29, 0.717) is 14.5 Å². The van der Waals surface area contributed by atoms with Crippen molar-refractivity contribution in [3.8, 4) is 0 Å². The lowest BCUT2D eigenvalue weighted by atomic mass is 10.4. The lowest BCUT2D eigenvalue weighted by Gasteiger charge is -2.03. The maximum absolute atomic E-state index is 10.9. The second-order valence-corrected chi connectivity index (χ2v) is 5.87. The van der Waals surface area contributed by atoms with Gasteiger partial charge in [-0.15, -0.1) is 0 Å². The standard InChI is InChI=1S/C10H5Br2N3O2S/c11-6-4-8(15(16)17)10(14-5-6)18-9-7(12)2-1-3-13-9/h1-5H. The zero-order chi connectivity index (χ0) is 13.1. The Kier molecular flexibility index (Phi) is 4.31. The molecule has 2 aromatic heterocycles. The quantitative estimate of drug-likeness (QED) is 0.583. The van der Waals surface area contributed by atoms with Gasteiger partial charge in [0.05, 0.1) is 9.40 Å². The summed E-state index contributed by atoms with van der Waals surface area (Å²) in [6.07, 6.45) is 3.14. The average molecular weight is 391 g/mol. The van der Waals surface area contributed by atoms with Crippen LogP contribution in [0.25, 0.3) is 0 Å². The van der Waals surface area contributed by atoms with Crippen molar-refractivity contribution in [3.63, 3.8) is 0 Å². The molecule has 0 N–H and O–H groups in total. The molecule has 2 aromatic rings. The molecule has 0 radical (unpaired) electrons. The number of aromatic nitrogens is 2. The van der Waals surface area contributed by atoms with Gasteiger partial charge in [0, 0.05) is 22.9 Å². The molecule has 92 valence electrons. The van der Waals surface area contributed by atoms with Crippen molar-refractivity contribution >= 4 is 49.3 Å². The van der Waals surface area contributed by atoms with Gasteiger partial charge in [-0.3, -0.25) is 10.1 Å². The molecule has 8 heteroatoms. The molecule has 0 aliphatic carbocycles. The largest absolute Gasteiger partial charge is 0.302 e. The Balaban J connectivity index is 2.41. The van der Waals surface area contributed by atoms with Crippen LogP contribution in [-0.4, -0.2) is 14.9 Å². The lowest BCUT2D eigenvalue weighted by Crippen LogP contribution is -1.94. The topological polar surface area (TPSA) is 68.9 Å². The number of hydrogen-bond acceptors (Lipinski definition) is 5. The van der Waals surface area contributed by atoms with E-state index in [1.807, 2.05) is 6.07 Å². The summed E-state index contributed by atoms with van der Waals surface area (Å²) in [5, 5.41) is 11.9. The Morgan fingerprint density at radius 2 is 2.06 bits per heavy atom. The van der Waals surface area contributed by atoms with Crippen LogP contribution in [0.15, 0.2) is 49.6 Å². The van der Waals surface area contributed by atoms with Crippen molar-refractivity contribution in [2.45, 2.75) is 10.1 Å². The minimum absolute atomic E-state index is 0.0491. The van der Waals surface area contributed by atoms with Crippen LogP contribution in [0.5, 0.6) is 0 Å². The molecule has 0 amide bonds. The molecule has 18 heavy (non-hydrogen) atoms. The van der Waals surface area contributed by atoms with Crippen molar-refractivity contribution in [2.75, 3.05) is 0 Å². The molecule has 0 aliphatic rings. The molecule has 0 bridgehead atoms. The number of hydrogen-bond donors (Lipinski definition) is 0. The fourth-order valence-electron chi connectivity index (χ4n) is 1.16. The predicted octanol–water partition coefficient (Wildman–Crippen LogP) is 4.06. The van der Waals surface area contributed by atoms with Gasteiger partial charge in [0.1, 0.15) is 5.03 Å². The van der Waals surface area contributed by atoms with E-state index in [1.165, 1.54) is 12.3 Å². The van der Waals surface area contributed by atoms with E-state index in [1.54, 1.807) is 12.3 Å². The van der Waals surface area contributed by atoms with Crippen LogP contribution in [0.2, 0.25) is 0 Å². The highest BCUT2D eigenvalue weighted by atomic mass is 79.9. The lowest BCUT2D eigenvalue weighted by molar-refractivity contribution is -0.388. The SMILES string of the molecule is O=[N+]([O-])c1cc(Br)cnc1Sc1ncccc1Br. The van der Waals surface area contributed by atoms with Gasteiger partial charge in [0.2, 0.25) is 0 Å². The fraction of sp³-hybridized carbons (Fsp3) is 0. The van der Waals surface area contributed by atoms with Crippen molar-refractivity contribution in [2.24, 2.45) is 0 Å². The highest BCUT2D eigenvalue weighted by Crippen LogP contribution is 2.36. The Morgan fingerprint density at radius 1 is 1.28 bits per heavy atom. The van der Waals surface area contributed by atoms with E-state index in [4.69, 9.17) is 0 Å². The molecule has 0 saturated heterocycles. The third-order valence-electron chi connectivity index (χ3n) is 1.91. The van der Waals surface area contributed by atoms with Gasteiger partial charge in [-0.05, 0) is 55.8 Å². The summed E-state index contributed by atoms with van der Waals surface area (Å²) in [6, 6.07) is 5.02. The van der Waals surface area contributed by atoms with Crippen molar-refractivity contribution in [3.05, 3.63) is 49.7 Å². The molecule has 2 rings (SSSR count). The van der Waals surface area contributed by atoms with E-state index >= 15 is 0 Å². The van der Waals surface area contributed by atoms with Crippen LogP contribution in [-0.2, 0) is 0 Å². The van der Waals surface area contributed by atoms with Gasteiger partial charge >= 0.3 is 5.69 Å². The van der Waals surface area contributed by atoms with E-state index in [0.717, 1.165) is 16.2 Å². The molecule has 0 saturated carbocycles. The van der Waals surface area contributed by atoms with E-state index in [2.05, 4.69) is 41.8 Å². The van der Waals surface area contributed by atoms with Crippen molar-refractivity contribution in [1.29, 1.82) is 0 Å². The Hall–Kier alpha value is -0.990. The minimum atomic E-state index is -0.461. The molecule has 0 aliphatic heterocycles. The highest BCUT2D eigenvalue weighted by molar-refractivity contribution is 9.10. The smallest absolute Gasteiger partial charge is 0.258 e. The normalized spacial score (nSPS) is 10.3. The number of rotatable bonds is 3. The van der Waals surface area contributed by atoms with Crippen LogP contribution in [0.3, 0.4) is 0 Å². The first-order valence-corrected chi connectivity index (χ1v) is 7.06. The van der Waals surface area contributed by atoms with Gasteiger partial charge in [-0.25, -0.2) is 9.97 Å². The molecule has 0 aromatic carbocycles. The van der Waals surface area contributed by atoms with Gasteiger partial charge in [-0.1, -0.05) is 0 Å². The van der Waals surface area contributed by atoms with Gasteiger partial charge in [0.15, 0.2) is 5.03 Å². The van der Waals surface area contributed by atoms with Crippen LogP contribution in [0.4, 0.5) is 5.69 Å². The summed E-state index contributed by atoms with van der Waals surface area (Å²) in [4.78, 5) is 18.7. The maximum atomic E-state index is 10.9. The second-order valence-electron chi connectivity index (χ2n) is 3.13. The fourth-order valence-corrected chi connectivity index (χ4v) is 2.79. The first kappa shape index (κ1) is 13.4. The first-order valence-electron chi connectivity index (χ1n) is 4.66. The van der Waals surface area contributed by atoms with Crippen LogP contribution < -0.4 is 0 Å². The monoisotopic (exact) mass is 389 g/mol. The summed E-state index contributed by atoms with van der Waals surface area (Å²) in [6.45, 7) is 0. The average Bonchev–Trinajstić information content (AvgIpc) is 2.34. The summed E-state index contributed by atoms with van der Waals surface area (Å²) >= 11 is 7.65. The maximum Gasteiger partial charge on any atom is 0.302 e. The molecule has 0 spiro atoms. The third kappa shape index (κ3) is 3.06. The van der Waals surface area contributed by atoms with Gasteiger partial charge in [-0.2, -0.15) is 0 Å². The number of pyridine rings is 2. The molecule has 0 atom stereocenters. The predicted molar refractivity (Wildman–Crippen MR) is 74.7 cm³/mol. The third-order valence-corrected chi connectivity index (χ3v) is 4.28. The molecule has 0 unspecified atom stereocenters. The van der Waals surface area contributed by atoms with Gasteiger partial charge < -0.3 is 0 Å². The number of halogens is 2. The summed E-state index contributed by atoms with van der Waals surface area (Å²) in [5.74, 6) is 0. The van der Waals surface area contributed by atoms with E-state index < -0.39 is 4.92 Å². The molecule has 5 nitrogen and oxygen atoms in total. The van der Waals surface area contributed by atoms with E-state index in [-0.39, 0.29) is 5.69 Å². The summed E-state index contributed by atoms with van der Waals surface area (Å²) in [7, 11) is 0. The van der Waals surface area contributed by atoms with Crippen LogP contribution in [0, 0.1) is 10.1 Å². The van der Waals surface area contributed by atoms with Crippen molar-refractivity contribution in [1.82, 2.24) is 9.97 Å². The number of nitrogens with zero attached hydrogens (tertiary/aromatic N) is 3. The molecule has 2 heterocycles. The summed E-state index contributed by atoms with van der Waals surface area (Å²) < 4.78 is 1.34. The number of nitro groups is 1. The Bertz CT molecular complexity index is 609. The second kappa shape index (κ2) is 5.77. The minimum Gasteiger partial charge on any atom is -0.258 e.